The Balaban J connectivity index is 1.98. The van der Waals surface area contributed by atoms with Crippen molar-refractivity contribution in [3.63, 3.8) is 0 Å². The number of amides is 1. The molecule has 8 nitrogen and oxygen atoms in total. The molecule has 0 aromatic carbocycles. The number of nitrogens with zero attached hydrogens (tertiary/aromatic N) is 3. The van der Waals surface area contributed by atoms with Gasteiger partial charge < -0.3 is 16.0 Å². The van der Waals surface area contributed by atoms with E-state index in [0.29, 0.717) is 16.5 Å². The van der Waals surface area contributed by atoms with Gasteiger partial charge in [0.15, 0.2) is 0 Å². The monoisotopic (exact) mass is 291 g/mol. The van der Waals surface area contributed by atoms with Gasteiger partial charge in [-0.1, -0.05) is 11.8 Å². The number of anilines is 2. The van der Waals surface area contributed by atoms with Crippen LogP contribution in [-0.2, 0) is 4.79 Å². The number of nitrogens with one attached hydrogen (secondary N) is 3. The maximum absolute atomic E-state index is 11.8. The Bertz CT molecular complexity index is 681. The van der Waals surface area contributed by atoms with E-state index >= 15 is 0 Å². The van der Waals surface area contributed by atoms with Gasteiger partial charge in [0.1, 0.15) is 11.9 Å². The summed E-state index contributed by atoms with van der Waals surface area (Å²) >= 11 is 1.15. The van der Waals surface area contributed by atoms with Gasteiger partial charge in [-0.05, 0) is 19.4 Å². The molecule has 0 spiro atoms. The molecule has 2 rings (SSSR count). The zero-order valence-electron chi connectivity index (χ0n) is 10.9. The number of H-pyrrole nitrogens is 2. The Kier molecular flexibility index (Phi) is 3.95. The molecule has 0 fully saturated rings. The molecule has 0 atom stereocenters. The normalized spacial score (nSPS) is 10.2. The number of thioether (sulfide) groups is 1. The van der Waals surface area contributed by atoms with E-state index in [1.165, 1.54) is 0 Å². The van der Waals surface area contributed by atoms with Crippen LogP contribution in [0, 0.1) is 25.2 Å². The Hall–Kier alpha value is -2.47. The molecule has 0 aliphatic rings. The van der Waals surface area contributed by atoms with Crippen molar-refractivity contribution in [3.05, 3.63) is 16.8 Å². The lowest BCUT2D eigenvalue weighted by Crippen LogP contribution is -2.15. The highest BCUT2D eigenvalue weighted by molar-refractivity contribution is 7.99. The van der Waals surface area contributed by atoms with Gasteiger partial charge in [0.2, 0.25) is 17.0 Å². The van der Waals surface area contributed by atoms with Crippen LogP contribution in [-0.4, -0.2) is 31.8 Å². The summed E-state index contributed by atoms with van der Waals surface area (Å²) in [4.78, 5) is 18.7. The quantitative estimate of drug-likeness (QED) is 0.619. The number of aryl methyl sites for hydroxylation is 1. The third-order valence-corrected chi connectivity index (χ3v) is 3.54. The number of carbonyl (C=O) groups is 1. The largest absolute Gasteiger partial charge is 0.368 e. The van der Waals surface area contributed by atoms with E-state index in [1.54, 1.807) is 0 Å². The fraction of sp³-hybridized carbons (Fsp3) is 0.273. The summed E-state index contributed by atoms with van der Waals surface area (Å²) < 4.78 is 0. The fourth-order valence-electron chi connectivity index (χ4n) is 1.58. The van der Waals surface area contributed by atoms with E-state index in [0.717, 1.165) is 23.0 Å². The first-order chi connectivity index (χ1) is 9.51. The first kappa shape index (κ1) is 14.0. The molecule has 0 aliphatic carbocycles. The number of nitrogen functional groups attached to an aromatic ring is 1. The van der Waals surface area contributed by atoms with E-state index < -0.39 is 0 Å². The van der Waals surface area contributed by atoms with E-state index in [2.05, 4.69) is 31.6 Å². The third kappa shape index (κ3) is 2.92. The maximum Gasteiger partial charge on any atom is 0.235 e. The van der Waals surface area contributed by atoms with E-state index in [4.69, 9.17) is 11.0 Å². The molecule has 0 bridgehead atoms. The first-order valence-electron chi connectivity index (χ1n) is 5.71. The lowest BCUT2D eigenvalue weighted by atomic mass is 10.2. The number of aromatic amines is 2. The highest BCUT2D eigenvalue weighted by atomic mass is 32.2. The van der Waals surface area contributed by atoms with Gasteiger partial charge in [-0.15, -0.1) is 5.10 Å². The van der Waals surface area contributed by atoms with Gasteiger partial charge in [-0.25, -0.2) is 5.10 Å². The van der Waals surface area contributed by atoms with Crippen molar-refractivity contribution in [2.45, 2.75) is 19.0 Å². The van der Waals surface area contributed by atoms with Crippen LogP contribution in [0.3, 0.4) is 0 Å². The summed E-state index contributed by atoms with van der Waals surface area (Å²) in [5.41, 5.74) is 7.51. The van der Waals surface area contributed by atoms with Crippen molar-refractivity contribution in [3.8, 4) is 6.07 Å². The lowest BCUT2D eigenvalue weighted by molar-refractivity contribution is -0.113. The average Bonchev–Trinajstić information content (AvgIpc) is 2.92. The molecule has 2 aromatic rings. The second-order valence-corrected chi connectivity index (χ2v) is 5.02. The second kappa shape index (κ2) is 5.66. The highest BCUT2D eigenvalue weighted by Crippen LogP contribution is 2.21. The van der Waals surface area contributed by atoms with E-state index in [9.17, 15) is 4.79 Å². The average molecular weight is 291 g/mol. The Morgan fingerprint density at radius 1 is 1.55 bits per heavy atom. The molecule has 2 aromatic heterocycles. The Morgan fingerprint density at radius 3 is 2.90 bits per heavy atom. The van der Waals surface area contributed by atoms with Gasteiger partial charge in [0.05, 0.1) is 11.3 Å². The van der Waals surface area contributed by atoms with Gasteiger partial charge in [-0.2, -0.15) is 10.2 Å². The molecule has 2 heterocycles. The number of carbonyl (C=O) groups excluding carboxylic acids is 1. The van der Waals surface area contributed by atoms with Crippen LogP contribution in [0.4, 0.5) is 11.8 Å². The number of hydrogen-bond acceptors (Lipinski definition) is 6. The maximum atomic E-state index is 11.8. The standard InChI is InChI=1S/C11H13N7OS/c1-5-6(2)14-9(7(5)3-12)15-8(19)4-20-11-16-10(13)17-18-11/h14H,4H2,1-2H3,(H,15,19)(H3,13,16,17,18). The van der Waals surface area contributed by atoms with Gasteiger partial charge in [-0.3, -0.25) is 4.79 Å². The van der Waals surface area contributed by atoms with Crippen LogP contribution >= 0.6 is 11.8 Å². The van der Waals surface area contributed by atoms with Gasteiger partial charge in [0.25, 0.3) is 0 Å². The summed E-state index contributed by atoms with van der Waals surface area (Å²) in [5, 5.41) is 18.4. The summed E-state index contributed by atoms with van der Waals surface area (Å²) in [6.45, 7) is 3.67. The fourth-order valence-corrected chi connectivity index (χ4v) is 2.19. The molecule has 0 radical (unpaired) electrons. The molecule has 1 amide bonds. The molecule has 20 heavy (non-hydrogen) atoms. The van der Waals surface area contributed by atoms with Crippen molar-refractivity contribution in [1.82, 2.24) is 20.2 Å². The van der Waals surface area contributed by atoms with Crippen LogP contribution in [0.25, 0.3) is 0 Å². The summed E-state index contributed by atoms with van der Waals surface area (Å²) in [7, 11) is 0. The SMILES string of the molecule is Cc1[nH]c(NC(=O)CSc2n[nH]c(N)n2)c(C#N)c1C. The summed E-state index contributed by atoms with van der Waals surface area (Å²) in [6.07, 6.45) is 0. The Morgan fingerprint density at radius 2 is 2.30 bits per heavy atom. The summed E-state index contributed by atoms with van der Waals surface area (Å²) in [5.74, 6) is 0.494. The molecule has 9 heteroatoms. The molecule has 0 unspecified atom stereocenters. The predicted octanol–water partition coefficient (Wildman–Crippen LogP) is 0.934. The number of aromatic nitrogens is 4. The van der Waals surface area contributed by atoms with Crippen LogP contribution in [0.1, 0.15) is 16.8 Å². The minimum absolute atomic E-state index is 0.124. The number of nitriles is 1. The molecule has 0 saturated carbocycles. The highest BCUT2D eigenvalue weighted by Gasteiger charge is 2.14. The van der Waals surface area contributed by atoms with Crippen LogP contribution in [0.5, 0.6) is 0 Å². The summed E-state index contributed by atoms with van der Waals surface area (Å²) in [6, 6.07) is 2.07. The topological polar surface area (TPSA) is 136 Å². The minimum Gasteiger partial charge on any atom is -0.368 e. The van der Waals surface area contributed by atoms with Gasteiger partial charge >= 0.3 is 0 Å². The smallest absolute Gasteiger partial charge is 0.235 e. The number of hydrogen-bond donors (Lipinski definition) is 4. The molecule has 0 saturated heterocycles. The third-order valence-electron chi connectivity index (χ3n) is 2.69. The predicted molar refractivity (Wildman–Crippen MR) is 75.1 cm³/mol. The number of rotatable bonds is 4. The zero-order chi connectivity index (χ0) is 14.7. The van der Waals surface area contributed by atoms with Crippen molar-refractivity contribution in [2.24, 2.45) is 0 Å². The minimum atomic E-state index is -0.254. The van der Waals surface area contributed by atoms with Crippen LogP contribution in [0.2, 0.25) is 0 Å². The number of nitrogens with two attached hydrogens (primary N) is 1. The molecule has 5 N–H and O–H groups in total. The van der Waals surface area contributed by atoms with Crippen molar-refractivity contribution >= 4 is 29.4 Å². The van der Waals surface area contributed by atoms with Crippen molar-refractivity contribution < 1.29 is 4.79 Å². The molecular weight excluding hydrogens is 278 g/mol. The van der Waals surface area contributed by atoms with E-state index in [-0.39, 0.29) is 17.6 Å². The van der Waals surface area contributed by atoms with Crippen molar-refractivity contribution in [1.29, 1.82) is 5.26 Å². The Labute approximate surface area is 119 Å². The van der Waals surface area contributed by atoms with E-state index in [1.807, 2.05) is 13.8 Å². The molecular formula is C11H13N7OS. The van der Waals surface area contributed by atoms with Gasteiger partial charge in [0, 0.05) is 5.69 Å². The lowest BCUT2D eigenvalue weighted by Gasteiger charge is -2.02. The van der Waals surface area contributed by atoms with Crippen LogP contribution in [0.15, 0.2) is 5.16 Å². The molecule has 104 valence electrons. The molecule has 0 aliphatic heterocycles. The van der Waals surface area contributed by atoms with Crippen molar-refractivity contribution in [2.75, 3.05) is 16.8 Å². The zero-order valence-corrected chi connectivity index (χ0v) is 11.8. The van der Waals surface area contributed by atoms with Crippen LogP contribution < -0.4 is 11.1 Å². The first-order valence-corrected chi connectivity index (χ1v) is 6.69. The second-order valence-electron chi connectivity index (χ2n) is 4.08.